The summed E-state index contributed by atoms with van der Waals surface area (Å²) < 4.78 is 5.61. The van der Waals surface area contributed by atoms with Crippen molar-refractivity contribution in [1.29, 1.82) is 0 Å². The van der Waals surface area contributed by atoms with E-state index in [0.717, 1.165) is 51.9 Å². The second-order valence-corrected chi connectivity index (χ2v) is 6.25. The van der Waals surface area contributed by atoms with Crippen molar-refractivity contribution in [2.75, 3.05) is 57.9 Å². The first-order valence-electron chi connectivity index (χ1n) is 8.54. The van der Waals surface area contributed by atoms with Gasteiger partial charge in [0.05, 0.1) is 6.61 Å². The highest BCUT2D eigenvalue weighted by Gasteiger charge is 2.19. The molecule has 2 rings (SSSR count). The van der Waals surface area contributed by atoms with Crippen molar-refractivity contribution in [2.45, 2.75) is 13.8 Å². The molecule has 1 aromatic rings. The first-order chi connectivity index (χ1) is 11.2. The summed E-state index contributed by atoms with van der Waals surface area (Å²) >= 11 is 0. The van der Waals surface area contributed by atoms with E-state index in [1.54, 1.807) is 0 Å². The molecule has 0 unspecified atom stereocenters. The zero-order valence-electron chi connectivity index (χ0n) is 15.1. The number of hydrogen-bond donors (Lipinski definition) is 1. The average molecular weight is 446 g/mol. The monoisotopic (exact) mass is 446 g/mol. The van der Waals surface area contributed by atoms with E-state index in [0.29, 0.717) is 5.92 Å². The summed E-state index contributed by atoms with van der Waals surface area (Å²) in [6.45, 7) is 10.7. The number of piperazine rings is 1. The van der Waals surface area contributed by atoms with Crippen LogP contribution in [-0.2, 0) is 4.74 Å². The predicted octanol–water partition coefficient (Wildman–Crippen LogP) is 2.67. The van der Waals surface area contributed by atoms with E-state index in [1.165, 1.54) is 5.69 Å². The third-order valence-electron chi connectivity index (χ3n) is 3.89. The van der Waals surface area contributed by atoms with E-state index in [2.05, 4.69) is 64.3 Å². The van der Waals surface area contributed by atoms with E-state index in [9.17, 15) is 0 Å². The van der Waals surface area contributed by atoms with Crippen molar-refractivity contribution in [3.05, 3.63) is 30.3 Å². The molecule has 0 bridgehead atoms. The van der Waals surface area contributed by atoms with E-state index in [-0.39, 0.29) is 24.0 Å². The Bertz CT molecular complexity index is 473. The molecule has 0 amide bonds. The first-order valence-corrected chi connectivity index (χ1v) is 8.54. The quantitative estimate of drug-likeness (QED) is 0.316. The van der Waals surface area contributed by atoms with Crippen LogP contribution in [0.25, 0.3) is 0 Å². The van der Waals surface area contributed by atoms with Crippen molar-refractivity contribution in [1.82, 2.24) is 10.2 Å². The highest BCUT2D eigenvalue weighted by molar-refractivity contribution is 14.0. The molecule has 0 aliphatic carbocycles. The van der Waals surface area contributed by atoms with Gasteiger partial charge in [0.25, 0.3) is 0 Å². The van der Waals surface area contributed by atoms with Crippen LogP contribution in [0, 0.1) is 5.92 Å². The molecule has 1 aliphatic rings. The molecule has 0 atom stereocenters. The van der Waals surface area contributed by atoms with Crippen LogP contribution >= 0.6 is 24.0 Å². The molecule has 0 saturated carbocycles. The second-order valence-electron chi connectivity index (χ2n) is 6.25. The van der Waals surface area contributed by atoms with Crippen LogP contribution in [0.1, 0.15) is 13.8 Å². The number of aliphatic imine (C=N–C) groups is 1. The molecule has 24 heavy (non-hydrogen) atoms. The second kappa shape index (κ2) is 11.5. The minimum atomic E-state index is 0. The van der Waals surface area contributed by atoms with Crippen LogP contribution in [0.5, 0.6) is 0 Å². The molecule has 0 spiro atoms. The molecule has 1 aromatic carbocycles. The summed E-state index contributed by atoms with van der Waals surface area (Å²) in [6, 6.07) is 10.6. The summed E-state index contributed by atoms with van der Waals surface area (Å²) in [5.74, 6) is 1.56. The normalized spacial score (nSPS) is 15.4. The summed E-state index contributed by atoms with van der Waals surface area (Å²) in [5.41, 5.74) is 1.30. The first kappa shape index (κ1) is 21.0. The van der Waals surface area contributed by atoms with Crippen molar-refractivity contribution in [2.24, 2.45) is 10.9 Å². The van der Waals surface area contributed by atoms with Gasteiger partial charge in [-0.25, -0.2) is 0 Å². The van der Waals surface area contributed by atoms with E-state index in [4.69, 9.17) is 4.74 Å². The summed E-state index contributed by atoms with van der Waals surface area (Å²) in [7, 11) is 1.85. The largest absolute Gasteiger partial charge is 0.379 e. The summed E-state index contributed by atoms with van der Waals surface area (Å²) in [4.78, 5) is 9.15. The summed E-state index contributed by atoms with van der Waals surface area (Å²) in [5, 5.41) is 3.40. The third-order valence-corrected chi connectivity index (χ3v) is 3.89. The highest BCUT2D eigenvalue weighted by Crippen LogP contribution is 2.15. The maximum atomic E-state index is 5.61. The van der Waals surface area contributed by atoms with Gasteiger partial charge in [-0.2, -0.15) is 0 Å². The number of para-hydroxylation sites is 1. The fourth-order valence-electron chi connectivity index (χ4n) is 2.70. The molecule has 1 N–H and O–H groups in total. The number of anilines is 1. The SMILES string of the molecule is CN=C(NCCOCC(C)C)N1CCN(c2ccccc2)CC1.I. The number of hydrogen-bond acceptors (Lipinski definition) is 3. The number of halogens is 1. The highest BCUT2D eigenvalue weighted by atomic mass is 127. The minimum absolute atomic E-state index is 0. The standard InChI is InChI=1S/C18H30N4O.HI/c1-16(2)15-23-14-9-20-18(19-3)22-12-10-21(11-13-22)17-7-5-4-6-8-17;/h4-8,16H,9-15H2,1-3H3,(H,19,20);1H. The van der Waals surface area contributed by atoms with Gasteiger partial charge in [-0.1, -0.05) is 32.0 Å². The number of ether oxygens (including phenoxy) is 1. The number of benzene rings is 1. The lowest BCUT2D eigenvalue weighted by Crippen LogP contribution is -2.53. The molecule has 0 radical (unpaired) electrons. The third kappa shape index (κ3) is 6.84. The van der Waals surface area contributed by atoms with Gasteiger partial charge in [-0.3, -0.25) is 4.99 Å². The average Bonchev–Trinajstić information content (AvgIpc) is 2.59. The Hall–Kier alpha value is -1.02. The molecule has 1 heterocycles. The van der Waals surface area contributed by atoms with Crippen LogP contribution in [0.2, 0.25) is 0 Å². The van der Waals surface area contributed by atoms with E-state index in [1.807, 2.05) is 7.05 Å². The molecular formula is C18H31IN4O. The number of rotatable bonds is 6. The lowest BCUT2D eigenvalue weighted by molar-refractivity contribution is 0.114. The van der Waals surface area contributed by atoms with Crippen LogP contribution in [0.4, 0.5) is 5.69 Å². The Kier molecular flexibility index (Phi) is 10.1. The fraction of sp³-hybridized carbons (Fsp3) is 0.611. The van der Waals surface area contributed by atoms with Gasteiger partial charge in [0.15, 0.2) is 5.96 Å². The molecule has 1 aliphatic heterocycles. The van der Waals surface area contributed by atoms with Crippen molar-refractivity contribution in [3.8, 4) is 0 Å². The van der Waals surface area contributed by atoms with Crippen LogP contribution in [-0.4, -0.2) is 63.8 Å². The van der Waals surface area contributed by atoms with Gasteiger partial charge in [-0.05, 0) is 18.1 Å². The number of nitrogens with zero attached hydrogens (tertiary/aromatic N) is 3. The minimum Gasteiger partial charge on any atom is -0.379 e. The lowest BCUT2D eigenvalue weighted by atomic mass is 10.2. The van der Waals surface area contributed by atoms with Gasteiger partial charge < -0.3 is 19.9 Å². The molecule has 6 heteroatoms. The lowest BCUT2D eigenvalue weighted by Gasteiger charge is -2.37. The maximum absolute atomic E-state index is 5.61. The van der Waals surface area contributed by atoms with E-state index < -0.39 is 0 Å². The predicted molar refractivity (Wildman–Crippen MR) is 113 cm³/mol. The van der Waals surface area contributed by atoms with Crippen LogP contribution < -0.4 is 10.2 Å². The van der Waals surface area contributed by atoms with Gasteiger partial charge in [-0.15, -0.1) is 24.0 Å². The van der Waals surface area contributed by atoms with Crippen LogP contribution in [0.3, 0.4) is 0 Å². The Balaban J connectivity index is 0.00000288. The molecule has 0 aromatic heterocycles. The Morgan fingerprint density at radius 3 is 2.42 bits per heavy atom. The van der Waals surface area contributed by atoms with Crippen molar-refractivity contribution >= 4 is 35.6 Å². The summed E-state index contributed by atoms with van der Waals surface area (Å²) in [6.07, 6.45) is 0. The van der Waals surface area contributed by atoms with E-state index >= 15 is 0 Å². The molecule has 136 valence electrons. The Morgan fingerprint density at radius 2 is 1.83 bits per heavy atom. The molecular weight excluding hydrogens is 415 g/mol. The Morgan fingerprint density at radius 1 is 1.17 bits per heavy atom. The molecule has 1 fully saturated rings. The van der Waals surface area contributed by atoms with Crippen molar-refractivity contribution < 1.29 is 4.74 Å². The van der Waals surface area contributed by atoms with Gasteiger partial charge in [0.1, 0.15) is 0 Å². The van der Waals surface area contributed by atoms with Gasteiger partial charge >= 0.3 is 0 Å². The van der Waals surface area contributed by atoms with Gasteiger partial charge in [0.2, 0.25) is 0 Å². The van der Waals surface area contributed by atoms with Crippen LogP contribution in [0.15, 0.2) is 35.3 Å². The molecule has 5 nitrogen and oxygen atoms in total. The zero-order chi connectivity index (χ0) is 16.5. The Labute approximate surface area is 163 Å². The topological polar surface area (TPSA) is 40.1 Å². The zero-order valence-corrected chi connectivity index (χ0v) is 17.4. The number of guanidine groups is 1. The fourth-order valence-corrected chi connectivity index (χ4v) is 2.70. The van der Waals surface area contributed by atoms with Gasteiger partial charge in [0, 0.05) is 52.1 Å². The maximum Gasteiger partial charge on any atom is 0.193 e. The smallest absolute Gasteiger partial charge is 0.193 e. The van der Waals surface area contributed by atoms with Crippen molar-refractivity contribution in [3.63, 3.8) is 0 Å². The number of nitrogens with one attached hydrogen (secondary N) is 1. The molecule has 1 saturated heterocycles.